The number of carbonyl (C=O) groups is 2. The molecule has 3 aliphatic heterocycles. The molecule has 2 amide bonds. The van der Waals surface area contributed by atoms with Crippen LogP contribution >= 0.6 is 11.6 Å². The predicted octanol–water partition coefficient (Wildman–Crippen LogP) is 6.41. The molecule has 50 heavy (non-hydrogen) atoms. The van der Waals surface area contributed by atoms with Crippen LogP contribution < -0.4 is 9.91 Å². The zero-order chi connectivity index (χ0) is 35.2. The molecule has 4 heterocycles. The van der Waals surface area contributed by atoms with Crippen molar-refractivity contribution in [3.8, 4) is 0 Å². The van der Waals surface area contributed by atoms with Crippen molar-refractivity contribution in [2.24, 2.45) is 11.0 Å². The number of fused-ring (bicyclic) bond motifs is 2. The molecule has 0 aliphatic carbocycles. The molecule has 13 heteroatoms. The maximum atomic E-state index is 16.2. The van der Waals surface area contributed by atoms with Gasteiger partial charge in [-0.2, -0.15) is 5.10 Å². The van der Waals surface area contributed by atoms with Crippen molar-refractivity contribution in [2.75, 3.05) is 16.5 Å². The predicted molar refractivity (Wildman–Crippen MR) is 192 cm³/mol. The number of benzene rings is 3. The van der Waals surface area contributed by atoms with Crippen LogP contribution in [-0.2, 0) is 39.4 Å². The van der Waals surface area contributed by atoms with Gasteiger partial charge in [0.05, 0.1) is 35.4 Å². The molecule has 1 aromatic heterocycles. The standard InChI is InChI=1S/C37H40ClFN6O4Si/c1-24-35(50(2,3)39)33(17-19-43-23-28(18-20-46)40-42-43)49-37(24)30-21-27(38)11-15-32(30)44(36(37)48)22-25-9-12-29(13-10-25)45-34(47)16-14-31(41-45)26-7-5-4-6-8-26/h4-13,15,21,23-24,33,35,46H,14,16-20,22H2,1-3H3/t24-,33+,35-,37+/m1/s1. The lowest BCUT2D eigenvalue weighted by Gasteiger charge is -2.31. The number of aliphatic hydroxyl groups is 1. The molecule has 1 fully saturated rings. The highest BCUT2D eigenvalue weighted by Gasteiger charge is 2.66. The van der Waals surface area contributed by atoms with E-state index in [2.05, 4.69) is 15.4 Å². The highest BCUT2D eigenvalue weighted by Crippen LogP contribution is 2.60. The SMILES string of the molecule is C[C@@H]1[C@@H]([Si](C)(C)F)[C@H](CCn2cc(CCO)nn2)O[C@@]12C(=O)N(Cc1ccc(N3N=C(c4ccccc4)CCC3=O)cc1)c1ccc(Cl)cc12. The van der Waals surface area contributed by atoms with E-state index in [1.54, 1.807) is 41.0 Å². The van der Waals surface area contributed by atoms with Crippen LogP contribution in [-0.4, -0.2) is 58.7 Å². The van der Waals surface area contributed by atoms with E-state index in [1.807, 2.05) is 67.6 Å². The average molecular weight is 715 g/mol. The number of aryl methyl sites for hydroxylation is 1. The smallest absolute Gasteiger partial charge is 0.264 e. The Bertz CT molecular complexity index is 1930. The van der Waals surface area contributed by atoms with E-state index in [9.17, 15) is 14.7 Å². The fraction of sp³-hybridized carbons (Fsp3) is 0.378. The van der Waals surface area contributed by atoms with Gasteiger partial charge >= 0.3 is 0 Å². The number of nitrogens with zero attached hydrogens (tertiary/aromatic N) is 6. The number of hydrogen-bond donors (Lipinski definition) is 1. The summed E-state index contributed by atoms with van der Waals surface area (Å²) in [6.45, 7) is 5.92. The Balaban J connectivity index is 1.16. The number of halogens is 2. The molecule has 0 unspecified atom stereocenters. The molecule has 4 aromatic rings. The van der Waals surface area contributed by atoms with Gasteiger partial charge in [-0.15, -0.1) is 5.10 Å². The second kappa shape index (κ2) is 13.5. The Morgan fingerprint density at radius 3 is 2.54 bits per heavy atom. The molecule has 4 atom stereocenters. The number of hydrazone groups is 1. The molecule has 1 saturated heterocycles. The molecule has 1 N–H and O–H groups in total. The van der Waals surface area contributed by atoms with Crippen molar-refractivity contribution >= 4 is 48.9 Å². The van der Waals surface area contributed by atoms with Gasteiger partial charge in [-0.25, -0.2) is 5.01 Å². The second-order valence-corrected chi connectivity index (χ2v) is 18.1. The molecule has 10 nitrogen and oxygen atoms in total. The summed E-state index contributed by atoms with van der Waals surface area (Å²) in [5, 5.41) is 24.1. The van der Waals surface area contributed by atoms with Crippen molar-refractivity contribution in [3.05, 3.63) is 106 Å². The van der Waals surface area contributed by atoms with Crippen molar-refractivity contribution < 1.29 is 23.5 Å². The maximum absolute atomic E-state index is 16.2. The van der Waals surface area contributed by atoms with Gasteiger partial charge in [0, 0.05) is 60.7 Å². The van der Waals surface area contributed by atoms with Gasteiger partial charge in [-0.1, -0.05) is 66.2 Å². The number of amides is 2. The number of rotatable bonds is 10. The van der Waals surface area contributed by atoms with E-state index in [0.29, 0.717) is 59.9 Å². The van der Waals surface area contributed by atoms with Gasteiger partial charge in [0.1, 0.15) is 0 Å². The minimum Gasteiger partial charge on any atom is -0.396 e. The van der Waals surface area contributed by atoms with Gasteiger partial charge < -0.3 is 18.9 Å². The monoisotopic (exact) mass is 714 g/mol. The quantitative estimate of drug-likeness (QED) is 0.150. The summed E-state index contributed by atoms with van der Waals surface area (Å²) in [5.41, 5.74) is 3.46. The Morgan fingerprint density at radius 2 is 1.82 bits per heavy atom. The molecule has 7 rings (SSSR count). The van der Waals surface area contributed by atoms with Crippen LogP contribution in [0.2, 0.25) is 23.7 Å². The first-order valence-corrected chi connectivity index (χ1v) is 20.4. The molecular formula is C37H40ClFN6O4Si. The van der Waals surface area contributed by atoms with Gasteiger partial charge in [-0.3, -0.25) is 14.3 Å². The maximum Gasteiger partial charge on any atom is 0.264 e. The summed E-state index contributed by atoms with van der Waals surface area (Å²) >= 11 is 6.54. The lowest BCUT2D eigenvalue weighted by atomic mass is 9.82. The van der Waals surface area contributed by atoms with Crippen molar-refractivity contribution in [2.45, 2.75) is 76.0 Å². The van der Waals surface area contributed by atoms with Crippen LogP contribution in [0, 0.1) is 5.92 Å². The van der Waals surface area contributed by atoms with E-state index < -0.39 is 31.6 Å². The van der Waals surface area contributed by atoms with Gasteiger partial charge in [0.2, 0.25) is 14.3 Å². The molecule has 0 saturated carbocycles. The minimum absolute atomic E-state index is 0.0266. The Kier molecular flexibility index (Phi) is 9.23. The van der Waals surface area contributed by atoms with E-state index in [-0.39, 0.29) is 25.0 Å². The molecule has 3 aliphatic rings. The first-order valence-electron chi connectivity index (χ1n) is 17.0. The zero-order valence-corrected chi connectivity index (χ0v) is 30.1. The van der Waals surface area contributed by atoms with Crippen molar-refractivity contribution in [1.82, 2.24) is 15.0 Å². The molecular weight excluding hydrogens is 675 g/mol. The van der Waals surface area contributed by atoms with Crippen LogP contribution in [0.3, 0.4) is 0 Å². The van der Waals surface area contributed by atoms with E-state index >= 15 is 4.11 Å². The third-order valence-corrected chi connectivity index (χ3v) is 12.9. The van der Waals surface area contributed by atoms with Crippen molar-refractivity contribution in [1.29, 1.82) is 0 Å². The second-order valence-electron chi connectivity index (χ2n) is 13.8. The lowest BCUT2D eigenvalue weighted by Crippen LogP contribution is -2.45. The summed E-state index contributed by atoms with van der Waals surface area (Å²) in [4.78, 5) is 29.3. The highest BCUT2D eigenvalue weighted by molar-refractivity contribution is 6.72. The fourth-order valence-electron chi connectivity index (χ4n) is 7.90. The average Bonchev–Trinajstić information content (AvgIpc) is 3.74. The molecule has 260 valence electrons. The molecule has 3 aromatic carbocycles. The number of aliphatic hydroxyl groups excluding tert-OH is 1. The Hall–Kier alpha value is -4.23. The minimum atomic E-state index is -3.36. The summed E-state index contributed by atoms with van der Waals surface area (Å²) in [7, 11) is -3.36. The van der Waals surface area contributed by atoms with Gasteiger partial charge in [0.15, 0.2) is 5.60 Å². The summed E-state index contributed by atoms with van der Waals surface area (Å²) < 4.78 is 24.8. The van der Waals surface area contributed by atoms with Crippen LogP contribution in [0.1, 0.15) is 48.6 Å². The topological polar surface area (TPSA) is 113 Å². The van der Waals surface area contributed by atoms with E-state index in [1.165, 1.54) is 5.01 Å². The number of anilines is 2. The van der Waals surface area contributed by atoms with Crippen LogP contribution in [0.25, 0.3) is 0 Å². The number of ether oxygens (including phenoxy) is 1. The summed E-state index contributed by atoms with van der Waals surface area (Å²) in [6.07, 6.45) is 3.01. The highest BCUT2D eigenvalue weighted by atomic mass is 35.5. The Morgan fingerprint density at radius 1 is 1.06 bits per heavy atom. The van der Waals surface area contributed by atoms with E-state index in [0.717, 1.165) is 16.8 Å². The molecule has 1 spiro atoms. The summed E-state index contributed by atoms with van der Waals surface area (Å²) in [6, 6.07) is 22.7. The van der Waals surface area contributed by atoms with Crippen molar-refractivity contribution in [3.63, 3.8) is 0 Å². The third-order valence-electron chi connectivity index (χ3n) is 10.2. The van der Waals surface area contributed by atoms with Crippen LogP contribution in [0.15, 0.2) is 84.1 Å². The van der Waals surface area contributed by atoms with E-state index in [4.69, 9.17) is 16.3 Å². The largest absolute Gasteiger partial charge is 0.396 e. The number of aromatic nitrogens is 3. The first-order chi connectivity index (χ1) is 24.0. The zero-order valence-electron chi connectivity index (χ0n) is 28.3. The number of hydrogen-bond acceptors (Lipinski definition) is 7. The van der Waals surface area contributed by atoms with Gasteiger partial charge in [0.25, 0.3) is 5.91 Å². The van der Waals surface area contributed by atoms with Gasteiger partial charge in [-0.05, 0) is 61.0 Å². The fourth-order valence-corrected chi connectivity index (χ4v) is 10.6. The normalized spacial score (nSPS) is 23.6. The third kappa shape index (κ3) is 6.18. The number of carbonyl (C=O) groups excluding carboxylic acids is 2. The lowest BCUT2D eigenvalue weighted by molar-refractivity contribution is -0.146. The molecule has 0 bridgehead atoms. The van der Waals surface area contributed by atoms with Crippen LogP contribution in [0.5, 0.6) is 0 Å². The molecule has 0 radical (unpaired) electrons. The Labute approximate surface area is 296 Å². The first kappa shape index (κ1) is 34.2. The summed E-state index contributed by atoms with van der Waals surface area (Å²) in [5.74, 6) is -0.782. The van der Waals surface area contributed by atoms with Crippen LogP contribution in [0.4, 0.5) is 15.5 Å².